The highest BCUT2D eigenvalue weighted by Gasteiger charge is 2.06. The van der Waals surface area contributed by atoms with E-state index in [2.05, 4.69) is 17.4 Å². The van der Waals surface area contributed by atoms with Gasteiger partial charge in [0.1, 0.15) is 5.75 Å². The van der Waals surface area contributed by atoms with Gasteiger partial charge in [-0.05, 0) is 44.0 Å². The van der Waals surface area contributed by atoms with Crippen molar-refractivity contribution in [3.63, 3.8) is 0 Å². The average Bonchev–Trinajstić information content (AvgIpc) is 2.49. The second-order valence-electron chi connectivity index (χ2n) is 5.34. The Kier molecular flexibility index (Phi) is 4.99. The van der Waals surface area contributed by atoms with Crippen LogP contribution in [0.1, 0.15) is 22.3 Å². The van der Waals surface area contributed by atoms with Crippen LogP contribution >= 0.6 is 0 Å². The highest BCUT2D eigenvalue weighted by Crippen LogP contribution is 2.22. The molecule has 2 aromatic rings. The second kappa shape index (κ2) is 6.94. The van der Waals surface area contributed by atoms with Crippen LogP contribution in [0.3, 0.4) is 0 Å². The predicted molar refractivity (Wildman–Crippen MR) is 91.3 cm³/mol. The van der Waals surface area contributed by atoms with Crippen molar-refractivity contribution < 1.29 is 9.53 Å². The molecule has 22 heavy (non-hydrogen) atoms. The number of benzene rings is 2. The molecule has 0 aliphatic heterocycles. The number of carbonyl (C=O) groups excluding carboxylic acids is 1. The van der Waals surface area contributed by atoms with Crippen molar-refractivity contribution in [1.29, 1.82) is 0 Å². The maximum absolute atomic E-state index is 12.1. The largest absolute Gasteiger partial charge is 0.496 e. The first kappa shape index (κ1) is 15.8. The van der Waals surface area contributed by atoms with Gasteiger partial charge in [-0.2, -0.15) is 0 Å². The molecule has 1 amide bonds. The van der Waals surface area contributed by atoms with Gasteiger partial charge in [0, 0.05) is 17.3 Å². The summed E-state index contributed by atoms with van der Waals surface area (Å²) in [5.74, 6) is 0.593. The third-order valence-electron chi connectivity index (χ3n) is 3.48. The molecule has 1 N–H and O–H groups in total. The van der Waals surface area contributed by atoms with Crippen LogP contribution in [0.15, 0.2) is 42.5 Å². The molecule has 0 unspecified atom stereocenters. The van der Waals surface area contributed by atoms with Crippen LogP contribution in [0.4, 0.5) is 5.69 Å². The van der Waals surface area contributed by atoms with E-state index in [1.54, 1.807) is 13.2 Å². The number of para-hydroxylation sites is 1. The first-order chi connectivity index (χ1) is 10.5. The van der Waals surface area contributed by atoms with E-state index in [0.29, 0.717) is 0 Å². The zero-order valence-electron chi connectivity index (χ0n) is 13.4. The molecule has 0 radical (unpaired) electrons. The Balaban J connectivity index is 2.15. The van der Waals surface area contributed by atoms with E-state index in [4.69, 9.17) is 4.74 Å². The zero-order valence-corrected chi connectivity index (χ0v) is 13.4. The van der Waals surface area contributed by atoms with Crippen molar-refractivity contribution in [3.05, 3.63) is 64.7 Å². The highest BCUT2D eigenvalue weighted by atomic mass is 16.5. The minimum absolute atomic E-state index is 0.152. The topological polar surface area (TPSA) is 38.3 Å². The Bertz CT molecular complexity index is 694. The monoisotopic (exact) mass is 295 g/mol. The van der Waals surface area contributed by atoms with Gasteiger partial charge in [0.2, 0.25) is 5.91 Å². The number of carbonyl (C=O) groups is 1. The van der Waals surface area contributed by atoms with Crippen LogP contribution in [-0.4, -0.2) is 13.0 Å². The maximum atomic E-state index is 12.1. The molecule has 0 fully saturated rings. The SMILES string of the molecule is COc1ccccc1C=CC(=O)Nc1c(C)cc(C)cc1C. The number of ether oxygens (including phenoxy) is 1. The van der Waals surface area contributed by atoms with Crippen LogP contribution in [0, 0.1) is 20.8 Å². The lowest BCUT2D eigenvalue weighted by molar-refractivity contribution is -0.111. The van der Waals surface area contributed by atoms with E-state index in [1.165, 1.54) is 11.6 Å². The van der Waals surface area contributed by atoms with Gasteiger partial charge in [0.15, 0.2) is 0 Å². The normalized spacial score (nSPS) is 10.7. The lowest BCUT2D eigenvalue weighted by Gasteiger charge is -2.11. The van der Waals surface area contributed by atoms with E-state index in [1.807, 2.05) is 45.0 Å². The Morgan fingerprint density at radius 2 is 1.73 bits per heavy atom. The summed E-state index contributed by atoms with van der Waals surface area (Å²) in [5.41, 5.74) is 5.07. The van der Waals surface area contributed by atoms with Gasteiger partial charge < -0.3 is 10.1 Å². The quantitative estimate of drug-likeness (QED) is 0.855. The van der Waals surface area contributed by atoms with Gasteiger partial charge in [-0.1, -0.05) is 35.9 Å². The van der Waals surface area contributed by atoms with E-state index in [9.17, 15) is 4.79 Å². The van der Waals surface area contributed by atoms with E-state index >= 15 is 0 Å². The Morgan fingerprint density at radius 3 is 2.36 bits per heavy atom. The number of methoxy groups -OCH3 is 1. The van der Waals surface area contributed by atoms with Crippen LogP contribution in [0.25, 0.3) is 6.08 Å². The lowest BCUT2D eigenvalue weighted by atomic mass is 10.1. The predicted octanol–water partition coefficient (Wildman–Crippen LogP) is 4.27. The molecule has 2 rings (SSSR count). The minimum Gasteiger partial charge on any atom is -0.496 e. The summed E-state index contributed by atoms with van der Waals surface area (Å²) in [6, 6.07) is 11.7. The van der Waals surface area contributed by atoms with Crippen LogP contribution in [0.5, 0.6) is 5.75 Å². The number of amides is 1. The van der Waals surface area contributed by atoms with Gasteiger partial charge in [-0.25, -0.2) is 0 Å². The molecule has 0 aliphatic rings. The molecule has 0 atom stereocenters. The first-order valence-electron chi connectivity index (χ1n) is 7.21. The summed E-state index contributed by atoms with van der Waals surface area (Å²) in [5, 5.41) is 2.95. The molecule has 0 bridgehead atoms. The number of rotatable bonds is 4. The molecule has 0 saturated heterocycles. The number of anilines is 1. The number of aryl methyl sites for hydroxylation is 3. The lowest BCUT2D eigenvalue weighted by Crippen LogP contribution is -2.10. The van der Waals surface area contributed by atoms with Crippen molar-refractivity contribution in [2.75, 3.05) is 12.4 Å². The summed E-state index contributed by atoms with van der Waals surface area (Å²) in [7, 11) is 1.62. The smallest absolute Gasteiger partial charge is 0.248 e. The number of nitrogens with one attached hydrogen (secondary N) is 1. The van der Waals surface area contributed by atoms with Gasteiger partial charge in [-0.3, -0.25) is 4.79 Å². The summed E-state index contributed by atoms with van der Waals surface area (Å²) in [4.78, 5) is 12.1. The summed E-state index contributed by atoms with van der Waals surface area (Å²) >= 11 is 0. The summed E-state index contributed by atoms with van der Waals surface area (Å²) in [6.07, 6.45) is 3.28. The molecule has 0 aromatic heterocycles. The molecular weight excluding hydrogens is 274 g/mol. The summed E-state index contributed by atoms with van der Waals surface area (Å²) < 4.78 is 5.26. The van der Waals surface area contributed by atoms with E-state index < -0.39 is 0 Å². The molecular formula is C19H21NO2. The average molecular weight is 295 g/mol. The summed E-state index contributed by atoms with van der Waals surface area (Å²) in [6.45, 7) is 6.05. The molecule has 0 spiro atoms. The fraction of sp³-hybridized carbons (Fsp3) is 0.211. The Labute approximate surface area is 131 Å². The van der Waals surface area contributed by atoms with Crippen molar-refractivity contribution >= 4 is 17.7 Å². The van der Waals surface area contributed by atoms with Crippen molar-refractivity contribution in [3.8, 4) is 5.75 Å². The second-order valence-corrected chi connectivity index (χ2v) is 5.34. The van der Waals surface area contributed by atoms with Gasteiger partial charge >= 0.3 is 0 Å². The van der Waals surface area contributed by atoms with Gasteiger partial charge in [0.25, 0.3) is 0 Å². The van der Waals surface area contributed by atoms with Crippen LogP contribution < -0.4 is 10.1 Å². The van der Waals surface area contributed by atoms with Crippen LogP contribution in [-0.2, 0) is 4.79 Å². The zero-order chi connectivity index (χ0) is 16.1. The Morgan fingerprint density at radius 1 is 1.09 bits per heavy atom. The number of hydrogen-bond donors (Lipinski definition) is 1. The molecule has 114 valence electrons. The number of hydrogen-bond acceptors (Lipinski definition) is 2. The van der Waals surface area contributed by atoms with Crippen molar-refractivity contribution in [1.82, 2.24) is 0 Å². The van der Waals surface area contributed by atoms with Crippen molar-refractivity contribution in [2.24, 2.45) is 0 Å². The van der Waals surface area contributed by atoms with E-state index in [-0.39, 0.29) is 5.91 Å². The van der Waals surface area contributed by atoms with Gasteiger partial charge in [0.05, 0.1) is 7.11 Å². The first-order valence-corrected chi connectivity index (χ1v) is 7.21. The fourth-order valence-electron chi connectivity index (χ4n) is 2.51. The molecule has 3 heteroatoms. The minimum atomic E-state index is -0.152. The third-order valence-corrected chi connectivity index (χ3v) is 3.48. The molecule has 0 heterocycles. The fourth-order valence-corrected chi connectivity index (χ4v) is 2.51. The molecule has 2 aromatic carbocycles. The van der Waals surface area contributed by atoms with Gasteiger partial charge in [-0.15, -0.1) is 0 Å². The molecule has 3 nitrogen and oxygen atoms in total. The standard InChI is InChI=1S/C19H21NO2/c1-13-11-14(2)19(15(3)12-13)20-18(21)10-9-16-7-5-6-8-17(16)22-4/h5-12H,1-4H3,(H,20,21). The molecule has 0 aliphatic carbocycles. The van der Waals surface area contributed by atoms with Crippen molar-refractivity contribution in [2.45, 2.75) is 20.8 Å². The Hall–Kier alpha value is -2.55. The molecule has 0 saturated carbocycles. The maximum Gasteiger partial charge on any atom is 0.248 e. The highest BCUT2D eigenvalue weighted by molar-refractivity contribution is 6.03. The van der Waals surface area contributed by atoms with E-state index in [0.717, 1.165) is 28.1 Å². The third kappa shape index (κ3) is 3.76. The van der Waals surface area contributed by atoms with Crippen LogP contribution in [0.2, 0.25) is 0 Å².